The minimum Gasteiger partial charge on any atom is -0.340 e. The molecular formula is C42H34N6. The van der Waals surface area contributed by atoms with Crippen molar-refractivity contribution in [1.29, 1.82) is 10.8 Å². The first kappa shape index (κ1) is 31.3. The van der Waals surface area contributed by atoms with E-state index in [0.717, 1.165) is 44.8 Å². The predicted molar refractivity (Wildman–Crippen MR) is 202 cm³/mol. The summed E-state index contributed by atoms with van der Waals surface area (Å²) in [5, 5.41) is 23.9. The van der Waals surface area contributed by atoms with Gasteiger partial charge in [0, 0.05) is 33.6 Å². The Labute approximate surface area is 280 Å². The molecule has 6 rings (SSSR count). The molecule has 0 fully saturated rings. The van der Waals surface area contributed by atoms with E-state index in [0.29, 0.717) is 11.7 Å². The Bertz CT molecular complexity index is 1900. The fourth-order valence-corrected chi connectivity index (χ4v) is 4.89. The number of benzene rings is 6. The van der Waals surface area contributed by atoms with Crippen LogP contribution in [0.5, 0.6) is 0 Å². The third-order valence-corrected chi connectivity index (χ3v) is 7.45. The summed E-state index contributed by atoms with van der Waals surface area (Å²) in [6, 6.07) is 54.9. The lowest BCUT2D eigenvalue weighted by molar-refractivity contribution is 1.40. The van der Waals surface area contributed by atoms with Crippen molar-refractivity contribution in [3.63, 3.8) is 0 Å². The second kappa shape index (κ2) is 15.6. The SMILES string of the molecule is N=C(N=C(Nc1ccc(/C=C/c2ccc(NC(=NC(=N)c3ccccc3)c3ccccc3)cc2)cc1)c1ccccc1)c1ccccc1. The minimum absolute atomic E-state index is 0.193. The average molecular weight is 623 g/mol. The van der Waals surface area contributed by atoms with Crippen LogP contribution in [-0.2, 0) is 0 Å². The smallest absolute Gasteiger partial charge is 0.154 e. The molecule has 6 aromatic carbocycles. The van der Waals surface area contributed by atoms with Crippen molar-refractivity contribution in [2.24, 2.45) is 9.98 Å². The number of aliphatic imine (C=N–C) groups is 2. The van der Waals surface area contributed by atoms with E-state index >= 15 is 0 Å². The van der Waals surface area contributed by atoms with E-state index in [4.69, 9.17) is 10.8 Å². The highest BCUT2D eigenvalue weighted by Crippen LogP contribution is 2.18. The second-order valence-corrected chi connectivity index (χ2v) is 10.9. The van der Waals surface area contributed by atoms with Crippen LogP contribution < -0.4 is 10.6 Å². The number of nitrogens with one attached hydrogen (secondary N) is 4. The molecule has 0 bridgehead atoms. The second-order valence-electron chi connectivity index (χ2n) is 10.9. The van der Waals surface area contributed by atoms with E-state index in [-0.39, 0.29) is 11.7 Å². The van der Waals surface area contributed by atoms with Crippen LogP contribution in [0.2, 0.25) is 0 Å². The molecule has 6 heteroatoms. The highest BCUT2D eigenvalue weighted by molar-refractivity contribution is 6.16. The molecule has 0 atom stereocenters. The molecule has 0 radical (unpaired) electrons. The third kappa shape index (κ3) is 8.53. The molecule has 232 valence electrons. The molecule has 0 spiro atoms. The van der Waals surface area contributed by atoms with Crippen molar-refractivity contribution in [2.75, 3.05) is 10.6 Å². The first-order valence-electron chi connectivity index (χ1n) is 15.6. The molecule has 0 heterocycles. The molecule has 0 amide bonds. The normalized spacial score (nSPS) is 11.7. The minimum atomic E-state index is 0.193. The van der Waals surface area contributed by atoms with Gasteiger partial charge in [0.15, 0.2) is 11.7 Å². The van der Waals surface area contributed by atoms with E-state index in [1.807, 2.05) is 170 Å². The molecule has 6 aromatic rings. The molecule has 0 saturated carbocycles. The maximum absolute atomic E-state index is 8.54. The lowest BCUT2D eigenvalue weighted by atomic mass is 10.1. The molecule has 0 aliphatic heterocycles. The van der Waals surface area contributed by atoms with Crippen LogP contribution in [0.25, 0.3) is 12.2 Å². The molecule has 0 aromatic heterocycles. The maximum atomic E-state index is 8.54. The van der Waals surface area contributed by atoms with Crippen LogP contribution in [0.1, 0.15) is 33.4 Å². The summed E-state index contributed by atoms with van der Waals surface area (Å²) in [5.74, 6) is 1.61. The molecule has 0 saturated heterocycles. The summed E-state index contributed by atoms with van der Waals surface area (Å²) in [4.78, 5) is 9.26. The van der Waals surface area contributed by atoms with Gasteiger partial charge in [0.25, 0.3) is 0 Å². The van der Waals surface area contributed by atoms with Crippen LogP contribution in [0.4, 0.5) is 11.4 Å². The summed E-state index contributed by atoms with van der Waals surface area (Å²) in [6.45, 7) is 0. The van der Waals surface area contributed by atoms with Gasteiger partial charge in [-0.1, -0.05) is 158 Å². The molecule has 6 nitrogen and oxygen atoms in total. The van der Waals surface area contributed by atoms with Gasteiger partial charge in [-0.2, -0.15) is 0 Å². The Hall–Kier alpha value is -6.66. The molecule has 4 N–H and O–H groups in total. The lowest BCUT2D eigenvalue weighted by Crippen LogP contribution is -2.16. The maximum Gasteiger partial charge on any atom is 0.154 e. The molecule has 0 aliphatic carbocycles. The Balaban J connectivity index is 1.13. The predicted octanol–water partition coefficient (Wildman–Crippen LogP) is 9.63. The van der Waals surface area contributed by atoms with Crippen LogP contribution in [0.15, 0.2) is 180 Å². The highest BCUT2D eigenvalue weighted by Gasteiger charge is 2.09. The van der Waals surface area contributed by atoms with Crippen molar-refractivity contribution in [2.45, 2.75) is 0 Å². The highest BCUT2D eigenvalue weighted by atomic mass is 15.0. The Morgan fingerprint density at radius 1 is 0.375 bits per heavy atom. The van der Waals surface area contributed by atoms with Crippen LogP contribution in [0.3, 0.4) is 0 Å². The Morgan fingerprint density at radius 3 is 0.979 bits per heavy atom. The van der Waals surface area contributed by atoms with Gasteiger partial charge in [-0.15, -0.1) is 0 Å². The zero-order valence-corrected chi connectivity index (χ0v) is 26.2. The largest absolute Gasteiger partial charge is 0.340 e. The number of anilines is 2. The van der Waals surface area contributed by atoms with Gasteiger partial charge < -0.3 is 10.6 Å². The Kier molecular flexibility index (Phi) is 10.2. The third-order valence-electron chi connectivity index (χ3n) is 7.45. The number of rotatable bonds is 8. The van der Waals surface area contributed by atoms with Crippen LogP contribution in [0, 0.1) is 10.8 Å². The fraction of sp³-hybridized carbons (Fsp3) is 0. The summed E-state index contributed by atoms with van der Waals surface area (Å²) in [5.41, 5.74) is 7.17. The number of hydrogen-bond donors (Lipinski definition) is 4. The quantitative estimate of drug-likeness (QED) is 0.0773. The van der Waals surface area contributed by atoms with E-state index < -0.39 is 0 Å². The van der Waals surface area contributed by atoms with Gasteiger partial charge in [-0.05, 0) is 35.4 Å². The first-order valence-corrected chi connectivity index (χ1v) is 15.6. The van der Waals surface area contributed by atoms with Crippen molar-refractivity contribution in [3.05, 3.63) is 203 Å². The van der Waals surface area contributed by atoms with Gasteiger partial charge in [-0.25, -0.2) is 9.98 Å². The van der Waals surface area contributed by atoms with E-state index in [1.54, 1.807) is 0 Å². The number of hydrogen-bond acceptors (Lipinski definition) is 2. The molecule has 48 heavy (non-hydrogen) atoms. The monoisotopic (exact) mass is 622 g/mol. The van der Waals surface area contributed by atoms with Crippen molar-refractivity contribution in [1.82, 2.24) is 0 Å². The van der Waals surface area contributed by atoms with Crippen LogP contribution in [-0.4, -0.2) is 23.3 Å². The van der Waals surface area contributed by atoms with E-state index in [2.05, 4.69) is 32.8 Å². The van der Waals surface area contributed by atoms with Crippen molar-refractivity contribution >= 4 is 46.9 Å². The van der Waals surface area contributed by atoms with Gasteiger partial charge in [0.1, 0.15) is 11.7 Å². The van der Waals surface area contributed by atoms with Gasteiger partial charge in [-0.3, -0.25) is 10.8 Å². The van der Waals surface area contributed by atoms with Crippen LogP contribution >= 0.6 is 0 Å². The van der Waals surface area contributed by atoms with Gasteiger partial charge in [0.2, 0.25) is 0 Å². The number of amidine groups is 4. The summed E-state index contributed by atoms with van der Waals surface area (Å²) in [6.07, 6.45) is 4.14. The fourth-order valence-electron chi connectivity index (χ4n) is 4.89. The van der Waals surface area contributed by atoms with Crippen molar-refractivity contribution < 1.29 is 0 Å². The molecule has 0 unspecified atom stereocenters. The lowest BCUT2D eigenvalue weighted by Gasteiger charge is -2.12. The first-order chi connectivity index (χ1) is 23.6. The zero-order chi connectivity index (χ0) is 33.0. The van der Waals surface area contributed by atoms with E-state index in [9.17, 15) is 0 Å². The summed E-state index contributed by atoms with van der Waals surface area (Å²) >= 11 is 0. The summed E-state index contributed by atoms with van der Waals surface area (Å²) < 4.78 is 0. The van der Waals surface area contributed by atoms with Gasteiger partial charge in [0.05, 0.1) is 0 Å². The van der Waals surface area contributed by atoms with Crippen molar-refractivity contribution in [3.8, 4) is 0 Å². The van der Waals surface area contributed by atoms with Gasteiger partial charge >= 0.3 is 0 Å². The van der Waals surface area contributed by atoms with E-state index in [1.165, 1.54) is 0 Å². The molecule has 0 aliphatic rings. The average Bonchev–Trinajstić information content (AvgIpc) is 3.16. The number of nitrogens with zero attached hydrogens (tertiary/aromatic N) is 2. The Morgan fingerprint density at radius 2 is 0.667 bits per heavy atom. The summed E-state index contributed by atoms with van der Waals surface area (Å²) in [7, 11) is 0. The molecular weight excluding hydrogens is 589 g/mol. The topological polar surface area (TPSA) is 96.5 Å². The zero-order valence-electron chi connectivity index (χ0n) is 26.2. The standard InChI is InChI=1S/C42H34N6/c43-39(33-13-5-1-6-14-33)47-41(35-17-9-3-10-18-35)45-37-27-23-31(24-28-37)21-22-32-25-29-38(30-26-32)46-42(36-19-11-4-12-20-36)48-40(44)34-15-7-2-8-16-34/h1-30H,(H2,43,45,47)(H2,44,46,48)/b22-21+.